The molecule has 1 aromatic rings. The number of aryl methyl sites for hydroxylation is 2. The van der Waals surface area contributed by atoms with E-state index >= 15 is 0 Å². The van der Waals surface area contributed by atoms with E-state index in [-0.39, 0.29) is 18.4 Å². The summed E-state index contributed by atoms with van der Waals surface area (Å²) < 4.78 is 0. The molecular weight excluding hydrogens is 218 g/mol. The van der Waals surface area contributed by atoms with Crippen LogP contribution in [0.3, 0.4) is 0 Å². The number of nitrogens with one attached hydrogen (secondary N) is 1. The van der Waals surface area contributed by atoms with Crippen LogP contribution in [0.4, 0.5) is 0 Å². The topological polar surface area (TPSA) is 66.4 Å². The zero-order valence-electron chi connectivity index (χ0n) is 10.3. The monoisotopic (exact) mass is 235 g/mol. The Morgan fingerprint density at radius 3 is 2.53 bits per heavy atom. The van der Waals surface area contributed by atoms with Gasteiger partial charge in [-0.2, -0.15) is 0 Å². The number of carbonyl (C=O) groups is 2. The number of carbonyl (C=O) groups excluding carboxylic acids is 1. The van der Waals surface area contributed by atoms with Gasteiger partial charge in [-0.05, 0) is 32.4 Å². The maximum Gasteiger partial charge on any atom is 0.305 e. The van der Waals surface area contributed by atoms with Crippen molar-refractivity contribution >= 4 is 11.9 Å². The second-order valence-corrected chi connectivity index (χ2v) is 4.29. The second kappa shape index (κ2) is 5.48. The van der Waals surface area contributed by atoms with Crippen molar-refractivity contribution in [2.24, 2.45) is 0 Å². The maximum atomic E-state index is 11.9. The lowest BCUT2D eigenvalue weighted by Gasteiger charge is -2.13. The number of benzene rings is 1. The lowest BCUT2D eigenvalue weighted by molar-refractivity contribution is -0.137. The zero-order chi connectivity index (χ0) is 13.0. The van der Waals surface area contributed by atoms with Gasteiger partial charge >= 0.3 is 5.97 Å². The van der Waals surface area contributed by atoms with E-state index < -0.39 is 5.97 Å². The Bertz CT molecular complexity index is 440. The van der Waals surface area contributed by atoms with Crippen LogP contribution < -0.4 is 5.32 Å². The fourth-order valence-electron chi connectivity index (χ4n) is 1.68. The summed E-state index contributed by atoms with van der Waals surface area (Å²) in [7, 11) is 0. The number of rotatable bonds is 4. The van der Waals surface area contributed by atoms with Gasteiger partial charge in [-0.25, -0.2) is 0 Å². The highest BCUT2D eigenvalue weighted by Crippen LogP contribution is 2.10. The van der Waals surface area contributed by atoms with E-state index in [9.17, 15) is 9.59 Å². The fraction of sp³-hybridized carbons (Fsp3) is 0.385. The summed E-state index contributed by atoms with van der Waals surface area (Å²) >= 11 is 0. The summed E-state index contributed by atoms with van der Waals surface area (Å²) in [5, 5.41) is 11.3. The largest absolute Gasteiger partial charge is 0.481 e. The van der Waals surface area contributed by atoms with Crippen LogP contribution in [0.1, 0.15) is 34.8 Å². The van der Waals surface area contributed by atoms with Crippen molar-refractivity contribution in [3.8, 4) is 0 Å². The Kier molecular flexibility index (Phi) is 4.26. The SMILES string of the molecule is Cc1ccc(C(=O)NC(C)CC(=O)O)c(C)c1. The van der Waals surface area contributed by atoms with E-state index in [0.717, 1.165) is 11.1 Å². The first-order valence-corrected chi connectivity index (χ1v) is 5.50. The molecule has 0 aliphatic heterocycles. The Labute approximate surface area is 101 Å². The minimum atomic E-state index is -0.918. The molecule has 0 bridgehead atoms. The minimum absolute atomic E-state index is 0.0728. The lowest BCUT2D eigenvalue weighted by atomic mass is 10.0. The number of carboxylic acid groups (broad SMARTS) is 1. The van der Waals surface area contributed by atoms with Crippen LogP contribution in [0.15, 0.2) is 18.2 Å². The van der Waals surface area contributed by atoms with Gasteiger partial charge < -0.3 is 10.4 Å². The van der Waals surface area contributed by atoms with Crippen LogP contribution in [0.2, 0.25) is 0 Å². The van der Waals surface area contributed by atoms with Gasteiger partial charge in [0.25, 0.3) is 5.91 Å². The van der Waals surface area contributed by atoms with Gasteiger partial charge in [0.2, 0.25) is 0 Å². The molecule has 0 heterocycles. The van der Waals surface area contributed by atoms with Crippen LogP contribution in [-0.2, 0) is 4.79 Å². The summed E-state index contributed by atoms with van der Waals surface area (Å²) in [6.07, 6.45) is -0.0728. The molecule has 0 saturated heterocycles. The predicted octanol–water partition coefficient (Wildman–Crippen LogP) is 1.90. The third kappa shape index (κ3) is 3.90. The van der Waals surface area contributed by atoms with Gasteiger partial charge in [0, 0.05) is 11.6 Å². The number of hydrogen-bond donors (Lipinski definition) is 2. The Morgan fingerprint density at radius 2 is 2.00 bits per heavy atom. The van der Waals surface area contributed by atoms with Gasteiger partial charge in [-0.3, -0.25) is 9.59 Å². The van der Waals surface area contributed by atoms with Crippen molar-refractivity contribution in [1.29, 1.82) is 0 Å². The van der Waals surface area contributed by atoms with E-state index in [0.29, 0.717) is 5.56 Å². The minimum Gasteiger partial charge on any atom is -0.481 e. The van der Waals surface area contributed by atoms with Crippen LogP contribution in [0.5, 0.6) is 0 Å². The number of aliphatic carboxylic acids is 1. The van der Waals surface area contributed by atoms with Crippen molar-refractivity contribution < 1.29 is 14.7 Å². The van der Waals surface area contributed by atoms with E-state index in [1.807, 2.05) is 26.0 Å². The highest BCUT2D eigenvalue weighted by Gasteiger charge is 2.13. The summed E-state index contributed by atoms with van der Waals surface area (Å²) in [5.41, 5.74) is 2.58. The lowest BCUT2D eigenvalue weighted by Crippen LogP contribution is -2.34. The molecule has 0 aliphatic rings. The maximum absolute atomic E-state index is 11.9. The third-order valence-corrected chi connectivity index (χ3v) is 2.48. The first-order valence-electron chi connectivity index (χ1n) is 5.50. The smallest absolute Gasteiger partial charge is 0.305 e. The molecule has 92 valence electrons. The van der Waals surface area contributed by atoms with Gasteiger partial charge in [0.05, 0.1) is 6.42 Å². The quantitative estimate of drug-likeness (QED) is 0.837. The molecule has 1 atom stereocenters. The molecule has 1 unspecified atom stereocenters. The van der Waals surface area contributed by atoms with Crippen molar-refractivity contribution in [3.63, 3.8) is 0 Å². The highest BCUT2D eigenvalue weighted by atomic mass is 16.4. The van der Waals surface area contributed by atoms with E-state index in [1.54, 1.807) is 13.0 Å². The van der Waals surface area contributed by atoms with Crippen LogP contribution in [0, 0.1) is 13.8 Å². The summed E-state index contributed by atoms with van der Waals surface area (Å²) in [4.78, 5) is 22.4. The van der Waals surface area contributed by atoms with Crippen LogP contribution >= 0.6 is 0 Å². The molecule has 0 spiro atoms. The second-order valence-electron chi connectivity index (χ2n) is 4.29. The molecule has 0 aliphatic carbocycles. The van der Waals surface area contributed by atoms with Crippen molar-refractivity contribution in [2.75, 3.05) is 0 Å². The fourth-order valence-corrected chi connectivity index (χ4v) is 1.68. The first-order chi connectivity index (χ1) is 7.90. The van der Waals surface area contributed by atoms with Gasteiger partial charge in [0.1, 0.15) is 0 Å². The molecule has 4 nitrogen and oxygen atoms in total. The number of hydrogen-bond acceptors (Lipinski definition) is 2. The van der Waals surface area contributed by atoms with Gasteiger partial charge in [0.15, 0.2) is 0 Å². The molecule has 17 heavy (non-hydrogen) atoms. The van der Waals surface area contributed by atoms with Crippen molar-refractivity contribution in [3.05, 3.63) is 34.9 Å². The van der Waals surface area contributed by atoms with E-state index in [2.05, 4.69) is 5.32 Å². The first kappa shape index (κ1) is 13.2. The number of carboxylic acids is 1. The van der Waals surface area contributed by atoms with Crippen molar-refractivity contribution in [2.45, 2.75) is 33.2 Å². The highest BCUT2D eigenvalue weighted by molar-refractivity contribution is 5.96. The molecule has 0 aromatic heterocycles. The normalized spacial score (nSPS) is 11.9. The average molecular weight is 235 g/mol. The Morgan fingerprint density at radius 1 is 1.35 bits per heavy atom. The molecule has 4 heteroatoms. The van der Waals surface area contributed by atoms with E-state index in [4.69, 9.17) is 5.11 Å². The summed E-state index contributed by atoms with van der Waals surface area (Å²) in [6, 6.07) is 5.18. The zero-order valence-corrected chi connectivity index (χ0v) is 10.3. The molecule has 0 saturated carbocycles. The molecule has 1 rings (SSSR count). The van der Waals surface area contributed by atoms with Gasteiger partial charge in [-0.15, -0.1) is 0 Å². The van der Waals surface area contributed by atoms with Crippen molar-refractivity contribution in [1.82, 2.24) is 5.32 Å². The van der Waals surface area contributed by atoms with E-state index in [1.165, 1.54) is 0 Å². The standard InChI is InChI=1S/C13H17NO3/c1-8-4-5-11(9(2)6-8)13(17)14-10(3)7-12(15)16/h4-6,10H,7H2,1-3H3,(H,14,17)(H,15,16). The molecule has 1 amide bonds. The molecule has 0 radical (unpaired) electrons. The van der Waals surface area contributed by atoms with Crippen LogP contribution in [0.25, 0.3) is 0 Å². The Balaban J connectivity index is 2.73. The molecule has 1 aromatic carbocycles. The number of amides is 1. The van der Waals surface area contributed by atoms with Gasteiger partial charge in [-0.1, -0.05) is 17.7 Å². The summed E-state index contributed by atoms with van der Waals surface area (Å²) in [6.45, 7) is 5.50. The average Bonchev–Trinajstić information content (AvgIpc) is 2.15. The molecule has 2 N–H and O–H groups in total. The molecule has 0 fully saturated rings. The van der Waals surface area contributed by atoms with Crippen LogP contribution in [-0.4, -0.2) is 23.0 Å². The summed E-state index contributed by atoms with van der Waals surface area (Å²) in [5.74, 6) is -1.14. The Hall–Kier alpha value is -1.84. The third-order valence-electron chi connectivity index (χ3n) is 2.48. The predicted molar refractivity (Wildman–Crippen MR) is 65.1 cm³/mol. The molecular formula is C13H17NO3.